The molecule has 12 heavy (non-hydrogen) atoms. The maximum atomic E-state index is 5.69. The van der Waals surface area contributed by atoms with Gasteiger partial charge >= 0.3 is 0 Å². The van der Waals surface area contributed by atoms with Crippen LogP contribution in [0.4, 0.5) is 0 Å². The Morgan fingerprint density at radius 1 is 1.50 bits per heavy atom. The summed E-state index contributed by atoms with van der Waals surface area (Å²) in [6.07, 6.45) is 5.99. The zero-order valence-corrected chi connectivity index (χ0v) is 7.29. The molecule has 0 amide bonds. The summed E-state index contributed by atoms with van der Waals surface area (Å²) in [4.78, 5) is 4.11. The Kier molecular flexibility index (Phi) is 1.98. The third kappa shape index (κ3) is 1.58. The van der Waals surface area contributed by atoms with E-state index in [0.29, 0.717) is 6.10 Å². The van der Waals surface area contributed by atoms with Gasteiger partial charge in [0.25, 0.3) is 0 Å². The van der Waals surface area contributed by atoms with Gasteiger partial charge in [-0.15, -0.1) is 0 Å². The number of hydrogen-bond donors (Lipinski definition) is 0. The van der Waals surface area contributed by atoms with Crippen molar-refractivity contribution < 1.29 is 4.74 Å². The van der Waals surface area contributed by atoms with Gasteiger partial charge in [0.2, 0.25) is 0 Å². The van der Waals surface area contributed by atoms with Gasteiger partial charge in [-0.2, -0.15) is 0 Å². The minimum Gasteiger partial charge on any atom is -0.490 e. The predicted octanol–water partition coefficient (Wildman–Crippen LogP) is 2.32. The van der Waals surface area contributed by atoms with E-state index in [4.69, 9.17) is 4.74 Å². The summed E-state index contributed by atoms with van der Waals surface area (Å²) < 4.78 is 5.69. The Labute approximate surface area is 72.6 Å². The molecule has 64 valence electrons. The van der Waals surface area contributed by atoms with Crippen molar-refractivity contribution >= 4 is 0 Å². The van der Waals surface area contributed by atoms with Crippen molar-refractivity contribution in [3.63, 3.8) is 0 Å². The number of hydrogen-bond acceptors (Lipinski definition) is 2. The number of ether oxygens (including phenoxy) is 1. The smallest absolute Gasteiger partial charge is 0.123 e. The molecule has 0 unspecified atom stereocenters. The van der Waals surface area contributed by atoms with Crippen LogP contribution in [0.1, 0.15) is 25.0 Å². The van der Waals surface area contributed by atoms with Gasteiger partial charge in [0.1, 0.15) is 5.75 Å². The van der Waals surface area contributed by atoms with Gasteiger partial charge in [-0.3, -0.25) is 4.98 Å². The molecule has 0 spiro atoms. The molecule has 2 nitrogen and oxygen atoms in total. The molecular formula is C10H13NO. The maximum Gasteiger partial charge on any atom is 0.123 e. The monoisotopic (exact) mass is 163 g/mol. The van der Waals surface area contributed by atoms with Crippen molar-refractivity contribution in [2.24, 2.45) is 0 Å². The average Bonchev–Trinajstić information content (AvgIpc) is 1.97. The average molecular weight is 163 g/mol. The number of rotatable bonds is 2. The lowest BCUT2D eigenvalue weighted by Gasteiger charge is -2.26. The van der Waals surface area contributed by atoms with Gasteiger partial charge in [-0.25, -0.2) is 0 Å². The fraction of sp³-hybridized carbons (Fsp3) is 0.500. The predicted molar refractivity (Wildman–Crippen MR) is 47.2 cm³/mol. The second-order valence-corrected chi connectivity index (χ2v) is 3.30. The Balaban J connectivity index is 2.02. The summed E-state index contributed by atoms with van der Waals surface area (Å²) in [5.74, 6) is 0.965. The highest BCUT2D eigenvalue weighted by molar-refractivity contribution is 5.22. The number of pyridine rings is 1. The van der Waals surface area contributed by atoms with Crippen LogP contribution in [0.2, 0.25) is 0 Å². The molecule has 1 saturated carbocycles. The van der Waals surface area contributed by atoms with Gasteiger partial charge in [0, 0.05) is 18.0 Å². The van der Waals surface area contributed by atoms with Crippen molar-refractivity contribution in [2.45, 2.75) is 32.3 Å². The zero-order chi connectivity index (χ0) is 8.39. The first kappa shape index (κ1) is 7.59. The molecule has 1 aliphatic rings. The van der Waals surface area contributed by atoms with Gasteiger partial charge in [0.05, 0.1) is 6.10 Å². The van der Waals surface area contributed by atoms with Crippen molar-refractivity contribution in [3.05, 3.63) is 24.0 Å². The van der Waals surface area contributed by atoms with Crippen LogP contribution >= 0.6 is 0 Å². The summed E-state index contributed by atoms with van der Waals surface area (Å²) >= 11 is 0. The van der Waals surface area contributed by atoms with Crippen molar-refractivity contribution in [1.29, 1.82) is 0 Å². The van der Waals surface area contributed by atoms with E-state index < -0.39 is 0 Å². The van der Waals surface area contributed by atoms with E-state index in [2.05, 4.69) is 4.98 Å². The fourth-order valence-corrected chi connectivity index (χ4v) is 1.27. The summed E-state index contributed by atoms with van der Waals surface area (Å²) in [7, 11) is 0. The van der Waals surface area contributed by atoms with Crippen LogP contribution in [0.15, 0.2) is 18.3 Å². The Morgan fingerprint density at radius 3 is 2.92 bits per heavy atom. The first-order valence-corrected chi connectivity index (χ1v) is 4.44. The molecule has 1 aromatic heterocycles. The normalized spacial score (nSPS) is 17.1. The lowest BCUT2D eigenvalue weighted by molar-refractivity contribution is 0.120. The molecule has 0 bridgehead atoms. The van der Waals surface area contributed by atoms with E-state index >= 15 is 0 Å². The molecule has 0 atom stereocenters. The first-order chi connectivity index (χ1) is 5.84. The number of nitrogens with zero attached hydrogens (tertiary/aromatic N) is 1. The quantitative estimate of drug-likeness (QED) is 0.667. The molecule has 0 aliphatic heterocycles. The Morgan fingerprint density at radius 2 is 2.33 bits per heavy atom. The largest absolute Gasteiger partial charge is 0.490 e. The summed E-state index contributed by atoms with van der Waals surface area (Å²) in [6.45, 7) is 1.98. The molecule has 0 N–H and O–H groups in total. The van der Waals surface area contributed by atoms with E-state index in [1.807, 2.05) is 19.1 Å². The third-order valence-electron chi connectivity index (χ3n) is 2.22. The van der Waals surface area contributed by atoms with E-state index in [9.17, 15) is 0 Å². The SMILES string of the molecule is Cc1cc(OC2CCC2)ccn1. The molecule has 0 aromatic carbocycles. The van der Waals surface area contributed by atoms with E-state index in [0.717, 1.165) is 11.4 Å². The highest BCUT2D eigenvalue weighted by atomic mass is 16.5. The molecule has 2 heteroatoms. The van der Waals surface area contributed by atoms with Gasteiger partial charge in [-0.05, 0) is 32.3 Å². The highest BCUT2D eigenvalue weighted by Gasteiger charge is 2.18. The van der Waals surface area contributed by atoms with Crippen molar-refractivity contribution in [2.75, 3.05) is 0 Å². The van der Waals surface area contributed by atoms with Crippen molar-refractivity contribution in [3.8, 4) is 5.75 Å². The Bertz CT molecular complexity index is 268. The number of aromatic nitrogens is 1. The standard InChI is InChI=1S/C10H13NO/c1-8-7-10(5-6-11-8)12-9-3-2-4-9/h5-7,9H,2-4H2,1H3. The minimum atomic E-state index is 0.465. The van der Waals surface area contributed by atoms with Crippen LogP contribution in [0.5, 0.6) is 5.75 Å². The van der Waals surface area contributed by atoms with Crippen LogP contribution < -0.4 is 4.74 Å². The first-order valence-electron chi connectivity index (χ1n) is 4.44. The molecule has 0 saturated heterocycles. The Hall–Kier alpha value is -1.05. The third-order valence-corrected chi connectivity index (χ3v) is 2.22. The maximum absolute atomic E-state index is 5.69. The second kappa shape index (κ2) is 3.13. The van der Waals surface area contributed by atoms with Crippen LogP contribution in [0.25, 0.3) is 0 Å². The van der Waals surface area contributed by atoms with Crippen LogP contribution in [-0.4, -0.2) is 11.1 Å². The lowest BCUT2D eigenvalue weighted by atomic mass is 9.96. The van der Waals surface area contributed by atoms with E-state index in [1.165, 1.54) is 19.3 Å². The molecule has 1 heterocycles. The lowest BCUT2D eigenvalue weighted by Crippen LogP contribution is -2.24. The molecular weight excluding hydrogens is 150 g/mol. The number of aryl methyl sites for hydroxylation is 1. The minimum absolute atomic E-state index is 0.465. The molecule has 1 fully saturated rings. The molecule has 1 aliphatic carbocycles. The van der Waals surface area contributed by atoms with Crippen LogP contribution in [0, 0.1) is 6.92 Å². The van der Waals surface area contributed by atoms with Crippen molar-refractivity contribution in [1.82, 2.24) is 4.98 Å². The van der Waals surface area contributed by atoms with Crippen LogP contribution in [-0.2, 0) is 0 Å². The van der Waals surface area contributed by atoms with Gasteiger partial charge in [0.15, 0.2) is 0 Å². The fourth-order valence-electron chi connectivity index (χ4n) is 1.27. The highest BCUT2D eigenvalue weighted by Crippen LogP contribution is 2.24. The summed E-state index contributed by atoms with van der Waals surface area (Å²) in [5, 5.41) is 0. The van der Waals surface area contributed by atoms with E-state index in [-0.39, 0.29) is 0 Å². The molecule has 1 aromatic rings. The molecule has 2 rings (SSSR count). The van der Waals surface area contributed by atoms with Gasteiger partial charge < -0.3 is 4.74 Å². The second-order valence-electron chi connectivity index (χ2n) is 3.30. The van der Waals surface area contributed by atoms with E-state index in [1.54, 1.807) is 6.20 Å². The van der Waals surface area contributed by atoms with Gasteiger partial charge in [-0.1, -0.05) is 0 Å². The summed E-state index contributed by atoms with van der Waals surface area (Å²) in [6, 6.07) is 3.91. The molecule has 0 radical (unpaired) electrons. The topological polar surface area (TPSA) is 22.1 Å². The van der Waals surface area contributed by atoms with Crippen LogP contribution in [0.3, 0.4) is 0 Å². The summed E-state index contributed by atoms with van der Waals surface area (Å²) in [5.41, 5.74) is 1.02. The zero-order valence-electron chi connectivity index (χ0n) is 7.29.